The van der Waals surface area contributed by atoms with Gasteiger partial charge in [0.05, 0.1) is 17.7 Å². The van der Waals surface area contributed by atoms with Crippen LogP contribution in [0.5, 0.6) is 5.75 Å². The van der Waals surface area contributed by atoms with E-state index in [9.17, 15) is 4.79 Å². The summed E-state index contributed by atoms with van der Waals surface area (Å²) in [6, 6.07) is 18.6. The summed E-state index contributed by atoms with van der Waals surface area (Å²) in [7, 11) is 0. The number of aryl methyl sites for hydroxylation is 2. The van der Waals surface area contributed by atoms with Gasteiger partial charge in [0.1, 0.15) is 18.1 Å². The molecule has 3 aromatic rings. The zero-order chi connectivity index (χ0) is 22.5. The summed E-state index contributed by atoms with van der Waals surface area (Å²) in [4.78, 5) is 17.3. The second-order valence-electron chi connectivity index (χ2n) is 8.56. The van der Waals surface area contributed by atoms with Crippen molar-refractivity contribution in [2.45, 2.75) is 46.4 Å². The number of carbonyl (C=O) groups is 1. The maximum atomic E-state index is 12.9. The smallest absolute Gasteiger partial charge is 0.227 e. The molecule has 0 radical (unpaired) electrons. The van der Waals surface area contributed by atoms with Gasteiger partial charge in [0.25, 0.3) is 0 Å². The molecule has 6 nitrogen and oxygen atoms in total. The molecule has 0 bridgehead atoms. The van der Waals surface area contributed by atoms with E-state index in [-0.39, 0.29) is 5.91 Å². The van der Waals surface area contributed by atoms with Gasteiger partial charge in [0.15, 0.2) is 0 Å². The lowest BCUT2D eigenvalue weighted by Gasteiger charge is -2.40. The Hall–Kier alpha value is -3.12. The van der Waals surface area contributed by atoms with Gasteiger partial charge in [-0.05, 0) is 44.0 Å². The van der Waals surface area contributed by atoms with E-state index in [1.807, 2.05) is 49.1 Å². The summed E-state index contributed by atoms with van der Waals surface area (Å²) in [6.45, 7) is 9.79. The topological polar surface area (TPSA) is 58.8 Å². The van der Waals surface area contributed by atoms with Crippen molar-refractivity contribution < 1.29 is 14.1 Å². The van der Waals surface area contributed by atoms with Crippen LogP contribution >= 0.6 is 0 Å². The largest absolute Gasteiger partial charge is 0.489 e. The highest BCUT2D eigenvalue weighted by molar-refractivity contribution is 5.79. The molecule has 0 aliphatic carbocycles. The Morgan fingerprint density at radius 2 is 1.81 bits per heavy atom. The molecule has 1 amide bonds. The van der Waals surface area contributed by atoms with Gasteiger partial charge in [-0.2, -0.15) is 0 Å². The van der Waals surface area contributed by atoms with E-state index in [4.69, 9.17) is 9.26 Å². The number of rotatable bonds is 7. The summed E-state index contributed by atoms with van der Waals surface area (Å²) in [5, 5.41) is 3.95. The number of ether oxygens (including phenoxy) is 1. The van der Waals surface area contributed by atoms with Crippen molar-refractivity contribution in [3.05, 3.63) is 82.7 Å². The SMILES string of the molecule is Cc1noc(C)c1COc1ccc(CC(=O)N2CCN(Cc3ccccc3)C(C)C2)cc1. The fraction of sp³-hybridized carbons (Fsp3) is 0.385. The van der Waals surface area contributed by atoms with Gasteiger partial charge in [-0.15, -0.1) is 0 Å². The first-order chi connectivity index (χ1) is 15.5. The van der Waals surface area contributed by atoms with E-state index >= 15 is 0 Å². The standard InChI is InChI=1S/C26H31N3O3/c1-19-16-29(14-13-28(19)17-23-7-5-4-6-8-23)26(30)15-22-9-11-24(12-10-22)31-18-25-20(2)27-32-21(25)3/h4-12,19H,13-18H2,1-3H3. The summed E-state index contributed by atoms with van der Waals surface area (Å²) in [5.74, 6) is 1.73. The van der Waals surface area contributed by atoms with E-state index in [0.29, 0.717) is 19.1 Å². The summed E-state index contributed by atoms with van der Waals surface area (Å²) in [5.41, 5.74) is 4.14. The predicted molar refractivity (Wildman–Crippen MR) is 123 cm³/mol. The van der Waals surface area contributed by atoms with Gasteiger partial charge >= 0.3 is 0 Å². The third-order valence-electron chi connectivity index (χ3n) is 6.19. The summed E-state index contributed by atoms with van der Waals surface area (Å²) >= 11 is 0. The monoisotopic (exact) mass is 433 g/mol. The van der Waals surface area contributed by atoms with Crippen LogP contribution in [-0.2, 0) is 24.4 Å². The number of piperazine rings is 1. The van der Waals surface area contributed by atoms with Crippen molar-refractivity contribution in [3.63, 3.8) is 0 Å². The van der Waals surface area contributed by atoms with E-state index in [2.05, 4.69) is 41.2 Å². The van der Waals surface area contributed by atoms with Crippen molar-refractivity contribution in [3.8, 4) is 5.75 Å². The van der Waals surface area contributed by atoms with Gasteiger partial charge < -0.3 is 14.2 Å². The molecule has 1 unspecified atom stereocenters. The Bertz CT molecular complexity index is 1010. The maximum Gasteiger partial charge on any atom is 0.227 e. The first-order valence-corrected chi connectivity index (χ1v) is 11.2. The number of nitrogens with zero attached hydrogens (tertiary/aromatic N) is 3. The molecular weight excluding hydrogens is 402 g/mol. The Labute approximate surface area is 189 Å². The molecule has 1 saturated heterocycles. The van der Waals surface area contributed by atoms with Crippen LogP contribution in [0.25, 0.3) is 0 Å². The van der Waals surface area contributed by atoms with Crippen molar-refractivity contribution in [1.82, 2.24) is 15.0 Å². The molecule has 1 atom stereocenters. The minimum atomic E-state index is 0.181. The Balaban J connectivity index is 1.27. The van der Waals surface area contributed by atoms with Gasteiger partial charge in [-0.1, -0.05) is 47.6 Å². The van der Waals surface area contributed by atoms with Crippen LogP contribution in [0, 0.1) is 13.8 Å². The number of amides is 1. The molecule has 1 aliphatic heterocycles. The number of carbonyl (C=O) groups excluding carboxylic acids is 1. The average Bonchev–Trinajstić information content (AvgIpc) is 3.12. The molecule has 6 heteroatoms. The predicted octanol–water partition coefficient (Wildman–Crippen LogP) is 4.15. The van der Waals surface area contributed by atoms with Crippen molar-refractivity contribution in [2.75, 3.05) is 19.6 Å². The zero-order valence-electron chi connectivity index (χ0n) is 19.1. The van der Waals surface area contributed by atoms with Crippen LogP contribution in [0.4, 0.5) is 0 Å². The van der Waals surface area contributed by atoms with E-state index in [0.717, 1.165) is 54.5 Å². The molecule has 168 valence electrons. The van der Waals surface area contributed by atoms with Gasteiger partial charge in [0, 0.05) is 32.2 Å². The van der Waals surface area contributed by atoms with Crippen molar-refractivity contribution >= 4 is 5.91 Å². The fourth-order valence-corrected chi connectivity index (χ4v) is 4.13. The number of aromatic nitrogens is 1. The highest BCUT2D eigenvalue weighted by Crippen LogP contribution is 2.19. The number of hydrogen-bond acceptors (Lipinski definition) is 5. The Morgan fingerprint density at radius 3 is 2.47 bits per heavy atom. The van der Waals surface area contributed by atoms with Crippen LogP contribution in [-0.4, -0.2) is 46.5 Å². The molecule has 0 N–H and O–H groups in total. The van der Waals surface area contributed by atoms with Crippen molar-refractivity contribution in [2.24, 2.45) is 0 Å². The molecule has 1 fully saturated rings. The Morgan fingerprint density at radius 1 is 1.06 bits per heavy atom. The van der Waals surface area contributed by atoms with Crippen molar-refractivity contribution in [1.29, 1.82) is 0 Å². The second kappa shape index (κ2) is 10.0. The van der Waals surface area contributed by atoms with Crippen LogP contribution in [0.1, 0.15) is 35.1 Å². The van der Waals surface area contributed by atoms with E-state index < -0.39 is 0 Å². The van der Waals surface area contributed by atoms with Gasteiger partial charge in [0.2, 0.25) is 5.91 Å². The van der Waals surface area contributed by atoms with Gasteiger partial charge in [-0.25, -0.2) is 0 Å². The lowest BCUT2D eigenvalue weighted by Crippen LogP contribution is -2.53. The summed E-state index contributed by atoms with van der Waals surface area (Å²) in [6.07, 6.45) is 0.412. The zero-order valence-corrected chi connectivity index (χ0v) is 19.1. The first kappa shape index (κ1) is 22.1. The third kappa shape index (κ3) is 5.37. The highest BCUT2D eigenvalue weighted by atomic mass is 16.5. The molecule has 32 heavy (non-hydrogen) atoms. The van der Waals surface area contributed by atoms with Crippen LogP contribution in [0.2, 0.25) is 0 Å². The van der Waals surface area contributed by atoms with E-state index in [1.165, 1.54) is 5.56 Å². The molecule has 2 aromatic carbocycles. The van der Waals surface area contributed by atoms with Gasteiger partial charge in [-0.3, -0.25) is 9.69 Å². The molecular formula is C26H31N3O3. The molecule has 4 rings (SSSR count). The quantitative estimate of drug-likeness (QED) is 0.560. The van der Waals surface area contributed by atoms with Crippen LogP contribution < -0.4 is 4.74 Å². The molecule has 0 saturated carbocycles. The van der Waals surface area contributed by atoms with E-state index in [1.54, 1.807) is 0 Å². The minimum absolute atomic E-state index is 0.181. The first-order valence-electron chi connectivity index (χ1n) is 11.2. The van der Waals surface area contributed by atoms with Crippen LogP contribution in [0.3, 0.4) is 0 Å². The molecule has 1 aromatic heterocycles. The maximum absolute atomic E-state index is 12.9. The molecule has 0 spiro atoms. The number of benzene rings is 2. The lowest BCUT2D eigenvalue weighted by atomic mass is 10.1. The highest BCUT2D eigenvalue weighted by Gasteiger charge is 2.26. The molecule has 1 aliphatic rings. The molecule has 2 heterocycles. The van der Waals surface area contributed by atoms with Crippen LogP contribution in [0.15, 0.2) is 59.1 Å². The fourth-order valence-electron chi connectivity index (χ4n) is 4.13. The third-order valence-corrected chi connectivity index (χ3v) is 6.19. The Kier molecular flexibility index (Phi) is 6.90. The second-order valence-corrected chi connectivity index (χ2v) is 8.56. The minimum Gasteiger partial charge on any atom is -0.489 e. The normalized spacial score (nSPS) is 16.8. The number of hydrogen-bond donors (Lipinski definition) is 0. The lowest BCUT2D eigenvalue weighted by molar-refractivity contribution is -0.133. The summed E-state index contributed by atoms with van der Waals surface area (Å²) < 4.78 is 11.0. The average molecular weight is 434 g/mol.